The maximum Gasteiger partial charge on any atom is 0.123 e. The Morgan fingerprint density at radius 3 is 2.94 bits per heavy atom. The highest BCUT2D eigenvalue weighted by molar-refractivity contribution is 5.16. The van der Waals surface area contributed by atoms with Gasteiger partial charge in [0.05, 0.1) is 0 Å². The monoisotopic (exact) mass is 221 g/mol. The van der Waals surface area contributed by atoms with Crippen molar-refractivity contribution in [2.45, 2.75) is 38.8 Å². The molecule has 1 aromatic rings. The number of halogens is 1. The van der Waals surface area contributed by atoms with Crippen molar-refractivity contribution >= 4 is 0 Å². The van der Waals surface area contributed by atoms with Gasteiger partial charge in [-0.05, 0) is 37.0 Å². The minimum Gasteiger partial charge on any atom is -0.310 e. The van der Waals surface area contributed by atoms with E-state index in [4.69, 9.17) is 0 Å². The summed E-state index contributed by atoms with van der Waals surface area (Å²) in [6.07, 6.45) is 5.14. The summed E-state index contributed by atoms with van der Waals surface area (Å²) in [5.41, 5.74) is 0.997. The molecule has 0 aromatic heterocycles. The minimum atomic E-state index is -0.168. The predicted octanol–water partition coefficient (Wildman–Crippen LogP) is 3.66. The maximum atomic E-state index is 12.9. The topological polar surface area (TPSA) is 12.0 Å². The standard InChI is InChI=1S/C14H20FN/c1-3-5-9-14(4-2)16-11-12-7-6-8-13(15)10-12/h3,6-8,10,14,16H,1,4-5,9,11H2,2H3. The molecule has 1 unspecified atom stereocenters. The molecule has 0 aliphatic carbocycles. The molecule has 0 spiro atoms. The number of hydrogen-bond acceptors (Lipinski definition) is 1. The van der Waals surface area contributed by atoms with Crippen LogP contribution in [0.1, 0.15) is 31.7 Å². The lowest BCUT2D eigenvalue weighted by Crippen LogP contribution is -2.27. The van der Waals surface area contributed by atoms with Crippen LogP contribution in [0.25, 0.3) is 0 Å². The molecule has 0 bridgehead atoms. The van der Waals surface area contributed by atoms with Crippen molar-refractivity contribution in [3.05, 3.63) is 48.3 Å². The second-order valence-corrected chi connectivity index (χ2v) is 3.98. The Kier molecular flexibility index (Phi) is 5.79. The van der Waals surface area contributed by atoms with Crippen LogP contribution >= 0.6 is 0 Å². The number of nitrogens with one attached hydrogen (secondary N) is 1. The van der Waals surface area contributed by atoms with Crippen LogP contribution in [0, 0.1) is 5.82 Å². The molecular formula is C14H20FN. The molecule has 1 atom stereocenters. The fraction of sp³-hybridized carbons (Fsp3) is 0.429. The summed E-state index contributed by atoms with van der Waals surface area (Å²) in [5.74, 6) is -0.168. The van der Waals surface area contributed by atoms with Gasteiger partial charge in [-0.1, -0.05) is 25.1 Å². The van der Waals surface area contributed by atoms with Crippen LogP contribution in [-0.2, 0) is 6.54 Å². The minimum absolute atomic E-state index is 0.168. The Hall–Kier alpha value is -1.15. The normalized spacial score (nSPS) is 12.4. The van der Waals surface area contributed by atoms with Crippen LogP contribution in [0.4, 0.5) is 4.39 Å². The Bertz CT molecular complexity index is 322. The Balaban J connectivity index is 2.39. The van der Waals surface area contributed by atoms with Crippen molar-refractivity contribution in [3.63, 3.8) is 0 Å². The fourth-order valence-corrected chi connectivity index (χ4v) is 1.68. The number of hydrogen-bond donors (Lipinski definition) is 1. The van der Waals surface area contributed by atoms with Gasteiger partial charge in [0.15, 0.2) is 0 Å². The SMILES string of the molecule is C=CCCC(CC)NCc1cccc(F)c1. The first kappa shape index (κ1) is 12.9. The van der Waals surface area contributed by atoms with Crippen LogP contribution in [0.2, 0.25) is 0 Å². The zero-order chi connectivity index (χ0) is 11.8. The highest BCUT2D eigenvalue weighted by Gasteiger charge is 2.04. The third-order valence-electron chi connectivity index (χ3n) is 2.70. The number of benzene rings is 1. The van der Waals surface area contributed by atoms with Crippen LogP contribution < -0.4 is 5.32 Å². The van der Waals surface area contributed by atoms with Crippen molar-refractivity contribution in [1.29, 1.82) is 0 Å². The average Bonchev–Trinajstić information content (AvgIpc) is 2.29. The maximum absolute atomic E-state index is 12.9. The molecule has 0 aliphatic heterocycles. The Morgan fingerprint density at radius 2 is 2.31 bits per heavy atom. The van der Waals surface area contributed by atoms with E-state index >= 15 is 0 Å². The third kappa shape index (κ3) is 4.58. The molecule has 0 saturated heterocycles. The van der Waals surface area contributed by atoms with Gasteiger partial charge in [-0.3, -0.25) is 0 Å². The van der Waals surface area contributed by atoms with Crippen molar-refractivity contribution in [1.82, 2.24) is 5.32 Å². The molecular weight excluding hydrogens is 201 g/mol. The van der Waals surface area contributed by atoms with Crippen LogP contribution in [0.15, 0.2) is 36.9 Å². The lowest BCUT2D eigenvalue weighted by molar-refractivity contribution is 0.469. The number of allylic oxidation sites excluding steroid dienone is 1. The van der Waals surface area contributed by atoms with E-state index in [0.717, 1.165) is 31.4 Å². The summed E-state index contributed by atoms with van der Waals surface area (Å²) in [5, 5.41) is 3.43. The molecule has 0 aliphatic rings. The van der Waals surface area contributed by atoms with Gasteiger partial charge in [-0.15, -0.1) is 6.58 Å². The second-order valence-electron chi connectivity index (χ2n) is 3.98. The van der Waals surface area contributed by atoms with E-state index in [1.807, 2.05) is 12.1 Å². The first-order valence-electron chi connectivity index (χ1n) is 5.85. The predicted molar refractivity (Wildman–Crippen MR) is 66.7 cm³/mol. The molecule has 0 heterocycles. The van der Waals surface area contributed by atoms with Crippen LogP contribution in [0.5, 0.6) is 0 Å². The molecule has 0 radical (unpaired) electrons. The summed E-state index contributed by atoms with van der Waals surface area (Å²) in [6, 6.07) is 7.22. The highest BCUT2D eigenvalue weighted by atomic mass is 19.1. The zero-order valence-corrected chi connectivity index (χ0v) is 9.88. The number of rotatable bonds is 7. The van der Waals surface area contributed by atoms with Crippen LogP contribution in [-0.4, -0.2) is 6.04 Å². The lowest BCUT2D eigenvalue weighted by Gasteiger charge is -2.16. The fourth-order valence-electron chi connectivity index (χ4n) is 1.68. The quantitative estimate of drug-likeness (QED) is 0.693. The van der Waals surface area contributed by atoms with Gasteiger partial charge in [0, 0.05) is 12.6 Å². The average molecular weight is 221 g/mol. The van der Waals surface area contributed by atoms with Crippen LogP contribution in [0.3, 0.4) is 0 Å². The van der Waals surface area contributed by atoms with Gasteiger partial charge in [0.2, 0.25) is 0 Å². The lowest BCUT2D eigenvalue weighted by atomic mass is 10.1. The van der Waals surface area contributed by atoms with E-state index in [1.54, 1.807) is 12.1 Å². The van der Waals surface area contributed by atoms with Gasteiger partial charge < -0.3 is 5.32 Å². The van der Waals surface area contributed by atoms with E-state index in [9.17, 15) is 4.39 Å². The van der Waals surface area contributed by atoms with Crippen molar-refractivity contribution in [2.24, 2.45) is 0 Å². The van der Waals surface area contributed by atoms with Gasteiger partial charge in [-0.2, -0.15) is 0 Å². The smallest absolute Gasteiger partial charge is 0.123 e. The molecule has 1 rings (SSSR count). The van der Waals surface area contributed by atoms with Crippen molar-refractivity contribution < 1.29 is 4.39 Å². The Morgan fingerprint density at radius 1 is 1.50 bits per heavy atom. The first-order chi connectivity index (χ1) is 7.76. The molecule has 16 heavy (non-hydrogen) atoms. The zero-order valence-electron chi connectivity index (χ0n) is 9.88. The first-order valence-corrected chi connectivity index (χ1v) is 5.85. The molecule has 1 nitrogen and oxygen atoms in total. The van der Waals surface area contributed by atoms with Crippen molar-refractivity contribution in [2.75, 3.05) is 0 Å². The molecule has 1 aromatic carbocycles. The summed E-state index contributed by atoms with van der Waals surface area (Å²) in [4.78, 5) is 0. The second kappa shape index (κ2) is 7.18. The molecule has 0 amide bonds. The summed E-state index contributed by atoms with van der Waals surface area (Å²) in [7, 11) is 0. The third-order valence-corrected chi connectivity index (χ3v) is 2.70. The van der Waals surface area contributed by atoms with E-state index < -0.39 is 0 Å². The van der Waals surface area contributed by atoms with Gasteiger partial charge in [0.1, 0.15) is 5.82 Å². The summed E-state index contributed by atoms with van der Waals surface area (Å²) in [6.45, 7) is 6.61. The van der Waals surface area contributed by atoms with Crippen molar-refractivity contribution in [3.8, 4) is 0 Å². The highest BCUT2D eigenvalue weighted by Crippen LogP contribution is 2.06. The molecule has 1 N–H and O–H groups in total. The molecule has 0 fully saturated rings. The van der Waals surface area contributed by atoms with E-state index in [-0.39, 0.29) is 5.82 Å². The molecule has 0 saturated carbocycles. The summed E-state index contributed by atoms with van der Waals surface area (Å²) < 4.78 is 12.9. The van der Waals surface area contributed by atoms with E-state index in [1.165, 1.54) is 6.07 Å². The van der Waals surface area contributed by atoms with Gasteiger partial charge in [-0.25, -0.2) is 4.39 Å². The largest absolute Gasteiger partial charge is 0.310 e. The molecule has 2 heteroatoms. The van der Waals surface area contributed by atoms with Gasteiger partial charge in [0.25, 0.3) is 0 Å². The molecule has 88 valence electrons. The van der Waals surface area contributed by atoms with Gasteiger partial charge >= 0.3 is 0 Å². The van der Waals surface area contributed by atoms with E-state index in [0.29, 0.717) is 6.04 Å². The Labute approximate surface area is 97.4 Å². The van der Waals surface area contributed by atoms with E-state index in [2.05, 4.69) is 18.8 Å². The summed E-state index contributed by atoms with van der Waals surface area (Å²) >= 11 is 0.